The van der Waals surface area contributed by atoms with Crippen LogP contribution in [0.3, 0.4) is 0 Å². The van der Waals surface area contributed by atoms with Crippen LogP contribution in [0.1, 0.15) is 22.8 Å². The van der Waals surface area contributed by atoms with Crippen LogP contribution in [0.2, 0.25) is 0 Å². The molecule has 21 heavy (non-hydrogen) atoms. The molecule has 0 saturated carbocycles. The van der Waals surface area contributed by atoms with Crippen molar-refractivity contribution in [3.05, 3.63) is 46.8 Å². The normalized spacial score (nSPS) is 10.1. The summed E-state index contributed by atoms with van der Waals surface area (Å²) in [6.45, 7) is 2.04. The molecule has 3 N–H and O–H groups in total. The number of benzene rings is 1. The van der Waals surface area contributed by atoms with Crippen LogP contribution in [0.4, 0.5) is 10.7 Å². The number of hydrogen-bond acceptors (Lipinski definition) is 5. The summed E-state index contributed by atoms with van der Waals surface area (Å²) in [6, 6.07) is 8.74. The average molecular weight is 304 g/mol. The van der Waals surface area contributed by atoms with Crippen molar-refractivity contribution in [3.63, 3.8) is 0 Å². The first-order valence-corrected chi connectivity index (χ1v) is 7.37. The lowest BCUT2D eigenvalue weighted by Gasteiger charge is -2.06. The minimum absolute atomic E-state index is 0.187. The molecule has 6 heteroatoms. The van der Waals surface area contributed by atoms with Gasteiger partial charge in [-0.25, -0.2) is 4.79 Å². The Bertz CT molecular complexity index is 635. The minimum Gasteiger partial charge on any atom is -0.462 e. The predicted molar refractivity (Wildman–Crippen MR) is 83.5 cm³/mol. The zero-order valence-electron chi connectivity index (χ0n) is 11.6. The van der Waals surface area contributed by atoms with Crippen molar-refractivity contribution >= 4 is 33.9 Å². The zero-order valence-corrected chi connectivity index (χ0v) is 12.4. The highest BCUT2D eigenvalue weighted by Crippen LogP contribution is 2.24. The molecule has 110 valence electrons. The largest absolute Gasteiger partial charge is 0.462 e. The van der Waals surface area contributed by atoms with Crippen molar-refractivity contribution in [1.82, 2.24) is 0 Å². The molecule has 1 aromatic heterocycles. The Morgan fingerprint density at radius 3 is 2.62 bits per heavy atom. The van der Waals surface area contributed by atoms with E-state index in [1.54, 1.807) is 42.6 Å². The monoisotopic (exact) mass is 304 g/mol. The summed E-state index contributed by atoms with van der Waals surface area (Å²) in [5, 5.41) is 4.99. The van der Waals surface area contributed by atoms with Gasteiger partial charge in [0.05, 0.1) is 18.6 Å². The second-order valence-electron chi connectivity index (χ2n) is 4.35. The SMILES string of the molecule is CCOC(=O)c1ccsc1NC(=O)Cc1ccc(N)cc1. The second kappa shape index (κ2) is 6.90. The standard InChI is InChI=1S/C15H16N2O3S/c1-2-20-15(19)12-7-8-21-14(12)17-13(18)9-10-3-5-11(16)6-4-10/h3-8H,2,9,16H2,1H3,(H,17,18). The van der Waals surface area contributed by atoms with Gasteiger partial charge in [0.2, 0.25) is 5.91 Å². The van der Waals surface area contributed by atoms with Gasteiger partial charge >= 0.3 is 5.97 Å². The number of ether oxygens (including phenoxy) is 1. The summed E-state index contributed by atoms with van der Waals surface area (Å²) < 4.78 is 4.94. The van der Waals surface area contributed by atoms with E-state index in [-0.39, 0.29) is 12.3 Å². The molecule has 0 bridgehead atoms. The summed E-state index contributed by atoms with van der Waals surface area (Å²) in [5.41, 5.74) is 7.49. The molecule has 0 saturated heterocycles. The van der Waals surface area contributed by atoms with Crippen molar-refractivity contribution in [2.45, 2.75) is 13.3 Å². The number of thiophene rings is 1. The van der Waals surface area contributed by atoms with E-state index in [0.717, 1.165) is 5.56 Å². The van der Waals surface area contributed by atoms with Crippen molar-refractivity contribution in [2.24, 2.45) is 0 Å². The average Bonchev–Trinajstić information content (AvgIpc) is 2.90. The van der Waals surface area contributed by atoms with Gasteiger partial charge in [-0.05, 0) is 36.1 Å². The van der Waals surface area contributed by atoms with E-state index in [1.165, 1.54) is 11.3 Å². The van der Waals surface area contributed by atoms with Gasteiger partial charge in [-0.15, -0.1) is 11.3 Å². The quantitative estimate of drug-likeness (QED) is 0.657. The molecule has 0 radical (unpaired) electrons. The molecule has 1 aromatic carbocycles. The molecule has 2 rings (SSSR count). The smallest absolute Gasteiger partial charge is 0.341 e. The molecular formula is C15H16N2O3S. The lowest BCUT2D eigenvalue weighted by Crippen LogP contribution is -2.16. The van der Waals surface area contributed by atoms with E-state index in [0.29, 0.717) is 22.9 Å². The van der Waals surface area contributed by atoms with Gasteiger partial charge in [-0.3, -0.25) is 4.79 Å². The van der Waals surface area contributed by atoms with Gasteiger partial charge < -0.3 is 15.8 Å². The van der Waals surface area contributed by atoms with Crippen LogP contribution in [0, 0.1) is 0 Å². The first-order chi connectivity index (χ1) is 10.1. The van der Waals surface area contributed by atoms with Gasteiger partial charge in [0.15, 0.2) is 0 Å². The number of rotatable bonds is 5. The van der Waals surface area contributed by atoms with Gasteiger partial charge in [-0.2, -0.15) is 0 Å². The molecule has 0 aliphatic rings. The van der Waals surface area contributed by atoms with Crippen molar-refractivity contribution in [2.75, 3.05) is 17.7 Å². The number of nitrogen functional groups attached to an aromatic ring is 1. The van der Waals surface area contributed by atoms with Gasteiger partial charge in [0, 0.05) is 5.69 Å². The van der Waals surface area contributed by atoms with E-state index in [2.05, 4.69) is 5.32 Å². The molecule has 2 aromatic rings. The van der Waals surface area contributed by atoms with Gasteiger partial charge in [0.1, 0.15) is 5.00 Å². The Kier molecular flexibility index (Phi) is 4.94. The number of carbonyl (C=O) groups is 2. The molecular weight excluding hydrogens is 288 g/mol. The second-order valence-corrected chi connectivity index (χ2v) is 5.27. The highest BCUT2D eigenvalue weighted by atomic mass is 32.1. The molecule has 0 aliphatic carbocycles. The van der Waals surface area contributed by atoms with E-state index < -0.39 is 5.97 Å². The number of esters is 1. The highest BCUT2D eigenvalue weighted by molar-refractivity contribution is 7.14. The number of anilines is 2. The Morgan fingerprint density at radius 2 is 1.95 bits per heavy atom. The van der Waals surface area contributed by atoms with E-state index in [9.17, 15) is 9.59 Å². The molecule has 0 spiro atoms. The molecule has 1 amide bonds. The highest BCUT2D eigenvalue weighted by Gasteiger charge is 2.16. The van der Waals surface area contributed by atoms with Crippen LogP contribution >= 0.6 is 11.3 Å². The fraction of sp³-hybridized carbons (Fsp3) is 0.200. The molecule has 0 fully saturated rings. The molecule has 0 unspecified atom stereocenters. The summed E-state index contributed by atoms with van der Waals surface area (Å²) in [4.78, 5) is 23.7. The molecule has 0 atom stereocenters. The number of hydrogen-bond donors (Lipinski definition) is 2. The third-order valence-electron chi connectivity index (χ3n) is 2.76. The van der Waals surface area contributed by atoms with Crippen LogP contribution in [-0.2, 0) is 16.0 Å². The zero-order chi connectivity index (χ0) is 15.2. The fourth-order valence-corrected chi connectivity index (χ4v) is 2.56. The van der Waals surface area contributed by atoms with Crippen LogP contribution < -0.4 is 11.1 Å². The lowest BCUT2D eigenvalue weighted by molar-refractivity contribution is -0.115. The lowest BCUT2D eigenvalue weighted by atomic mass is 10.1. The van der Waals surface area contributed by atoms with Crippen LogP contribution in [0.5, 0.6) is 0 Å². The number of amides is 1. The third kappa shape index (κ3) is 4.06. The van der Waals surface area contributed by atoms with E-state index in [1.807, 2.05) is 0 Å². The Morgan fingerprint density at radius 1 is 1.24 bits per heavy atom. The Labute approximate surface area is 126 Å². The van der Waals surface area contributed by atoms with Crippen LogP contribution in [0.15, 0.2) is 35.7 Å². The van der Waals surface area contributed by atoms with Crippen LogP contribution in [0.25, 0.3) is 0 Å². The Hall–Kier alpha value is -2.34. The van der Waals surface area contributed by atoms with E-state index >= 15 is 0 Å². The Balaban J connectivity index is 2.01. The topological polar surface area (TPSA) is 81.4 Å². The van der Waals surface area contributed by atoms with Crippen molar-refractivity contribution in [1.29, 1.82) is 0 Å². The van der Waals surface area contributed by atoms with E-state index in [4.69, 9.17) is 10.5 Å². The first-order valence-electron chi connectivity index (χ1n) is 6.49. The predicted octanol–water partition coefficient (Wildman–Crippen LogP) is 2.69. The summed E-state index contributed by atoms with van der Waals surface area (Å²) >= 11 is 1.29. The fourth-order valence-electron chi connectivity index (χ4n) is 1.77. The number of carbonyl (C=O) groups excluding carboxylic acids is 2. The van der Waals surface area contributed by atoms with Gasteiger partial charge in [-0.1, -0.05) is 12.1 Å². The summed E-state index contributed by atoms with van der Waals surface area (Å²) in [6.07, 6.45) is 0.223. The maximum atomic E-state index is 12.0. The number of nitrogens with two attached hydrogens (primary N) is 1. The maximum absolute atomic E-state index is 12.0. The van der Waals surface area contributed by atoms with Gasteiger partial charge in [0.25, 0.3) is 0 Å². The first kappa shape index (κ1) is 15.1. The number of nitrogens with one attached hydrogen (secondary N) is 1. The van der Waals surface area contributed by atoms with Crippen LogP contribution in [-0.4, -0.2) is 18.5 Å². The minimum atomic E-state index is -0.429. The summed E-state index contributed by atoms with van der Waals surface area (Å²) in [7, 11) is 0. The molecule has 5 nitrogen and oxygen atoms in total. The molecule has 0 aliphatic heterocycles. The molecule has 1 heterocycles. The van der Waals surface area contributed by atoms with Crippen molar-refractivity contribution < 1.29 is 14.3 Å². The summed E-state index contributed by atoms with van der Waals surface area (Å²) in [5.74, 6) is -0.616. The maximum Gasteiger partial charge on any atom is 0.341 e. The van der Waals surface area contributed by atoms with Crippen molar-refractivity contribution in [3.8, 4) is 0 Å². The third-order valence-corrected chi connectivity index (χ3v) is 3.59.